The van der Waals surface area contributed by atoms with Crippen molar-refractivity contribution in [2.24, 2.45) is 0 Å². The minimum atomic E-state index is -1.42. The Morgan fingerprint density at radius 2 is 1.95 bits per heavy atom. The van der Waals surface area contributed by atoms with Crippen LogP contribution in [0.25, 0.3) is 5.57 Å². The summed E-state index contributed by atoms with van der Waals surface area (Å²) >= 11 is 0. The van der Waals surface area contributed by atoms with Crippen LogP contribution in [-0.4, -0.2) is 17.2 Å². The van der Waals surface area contributed by atoms with Crippen molar-refractivity contribution in [2.75, 3.05) is 0 Å². The van der Waals surface area contributed by atoms with Gasteiger partial charge in [-0.05, 0) is 41.4 Å². The van der Waals surface area contributed by atoms with Gasteiger partial charge in [-0.15, -0.1) is 0 Å². The minimum absolute atomic E-state index is 0.214. The molecule has 0 heterocycles. The highest BCUT2D eigenvalue weighted by Crippen LogP contribution is 2.29. The standard InChI is InChI=1S/C18H19BO2/c20-19(21)18-12-11-16(14-7-3-1-4-8-14)13-17(18)15-9-5-2-6-10-15/h1-3,5-7,9,11-13,15,20-21H,4,8,10H2. The van der Waals surface area contributed by atoms with E-state index >= 15 is 0 Å². The van der Waals surface area contributed by atoms with E-state index in [2.05, 4.69) is 36.4 Å². The van der Waals surface area contributed by atoms with Gasteiger partial charge in [-0.1, -0.05) is 60.7 Å². The fourth-order valence-electron chi connectivity index (χ4n) is 2.99. The SMILES string of the molecule is OB(O)c1ccc(C2=CC=CCC2)cc1C1C=CC=CC1. The van der Waals surface area contributed by atoms with Gasteiger partial charge in [0.1, 0.15) is 0 Å². The monoisotopic (exact) mass is 278 g/mol. The predicted molar refractivity (Wildman–Crippen MR) is 88.3 cm³/mol. The van der Waals surface area contributed by atoms with Crippen molar-refractivity contribution >= 4 is 18.2 Å². The summed E-state index contributed by atoms with van der Waals surface area (Å²) in [6, 6.07) is 5.96. The summed E-state index contributed by atoms with van der Waals surface area (Å²) < 4.78 is 0. The Hall–Kier alpha value is -1.84. The second-order valence-corrected chi connectivity index (χ2v) is 5.53. The number of hydrogen-bond donors (Lipinski definition) is 2. The molecule has 2 aliphatic rings. The molecule has 21 heavy (non-hydrogen) atoms. The molecular weight excluding hydrogens is 259 g/mol. The summed E-state index contributed by atoms with van der Waals surface area (Å²) in [6.45, 7) is 0. The minimum Gasteiger partial charge on any atom is -0.423 e. The second-order valence-electron chi connectivity index (χ2n) is 5.53. The van der Waals surface area contributed by atoms with Gasteiger partial charge in [-0.25, -0.2) is 0 Å². The lowest BCUT2D eigenvalue weighted by Crippen LogP contribution is -2.34. The fourth-order valence-corrected chi connectivity index (χ4v) is 2.99. The molecule has 1 aromatic rings. The first-order chi connectivity index (χ1) is 10.3. The smallest absolute Gasteiger partial charge is 0.423 e. The Bertz CT molecular complexity index is 639. The highest BCUT2D eigenvalue weighted by molar-refractivity contribution is 6.59. The predicted octanol–water partition coefficient (Wildman–Crippen LogP) is 2.70. The lowest BCUT2D eigenvalue weighted by Gasteiger charge is -2.20. The van der Waals surface area contributed by atoms with Crippen LogP contribution in [0, 0.1) is 0 Å². The Morgan fingerprint density at radius 1 is 1.05 bits per heavy atom. The van der Waals surface area contributed by atoms with E-state index in [0.29, 0.717) is 5.46 Å². The molecule has 0 saturated carbocycles. The van der Waals surface area contributed by atoms with Crippen molar-refractivity contribution in [3.05, 3.63) is 71.9 Å². The van der Waals surface area contributed by atoms with Crippen LogP contribution in [0.1, 0.15) is 36.3 Å². The highest BCUT2D eigenvalue weighted by Gasteiger charge is 2.21. The first kappa shape index (κ1) is 14.1. The number of rotatable bonds is 3. The zero-order chi connectivity index (χ0) is 14.7. The Balaban J connectivity index is 2.01. The van der Waals surface area contributed by atoms with Crippen LogP contribution in [0.3, 0.4) is 0 Å². The van der Waals surface area contributed by atoms with Crippen molar-refractivity contribution in [3.63, 3.8) is 0 Å². The lowest BCUT2D eigenvalue weighted by molar-refractivity contribution is 0.425. The molecule has 0 fully saturated rings. The maximum absolute atomic E-state index is 9.62. The van der Waals surface area contributed by atoms with Gasteiger partial charge in [0.2, 0.25) is 0 Å². The summed E-state index contributed by atoms with van der Waals surface area (Å²) in [7, 11) is -1.42. The number of hydrogen-bond acceptors (Lipinski definition) is 2. The van der Waals surface area contributed by atoms with Gasteiger partial charge in [0.05, 0.1) is 0 Å². The van der Waals surface area contributed by atoms with Crippen molar-refractivity contribution in [3.8, 4) is 0 Å². The van der Waals surface area contributed by atoms with Crippen molar-refractivity contribution in [1.29, 1.82) is 0 Å². The van der Waals surface area contributed by atoms with Crippen LogP contribution in [0.2, 0.25) is 0 Å². The zero-order valence-electron chi connectivity index (χ0n) is 11.9. The van der Waals surface area contributed by atoms with Crippen molar-refractivity contribution < 1.29 is 10.0 Å². The molecule has 2 nitrogen and oxygen atoms in total. The van der Waals surface area contributed by atoms with E-state index in [-0.39, 0.29) is 5.92 Å². The van der Waals surface area contributed by atoms with Crippen LogP contribution in [0.5, 0.6) is 0 Å². The van der Waals surface area contributed by atoms with Gasteiger partial charge < -0.3 is 10.0 Å². The van der Waals surface area contributed by atoms with E-state index in [4.69, 9.17) is 0 Å². The molecule has 106 valence electrons. The van der Waals surface area contributed by atoms with E-state index in [1.165, 1.54) is 11.1 Å². The van der Waals surface area contributed by atoms with Gasteiger partial charge in [-0.2, -0.15) is 0 Å². The third kappa shape index (κ3) is 3.09. The molecule has 1 unspecified atom stereocenters. The molecule has 1 atom stereocenters. The summed E-state index contributed by atoms with van der Waals surface area (Å²) in [6.07, 6.45) is 17.7. The molecule has 0 amide bonds. The second kappa shape index (κ2) is 6.29. The molecular formula is C18H19BO2. The zero-order valence-corrected chi connectivity index (χ0v) is 11.9. The first-order valence-corrected chi connectivity index (χ1v) is 7.45. The van der Waals surface area contributed by atoms with Gasteiger partial charge in [0.25, 0.3) is 0 Å². The Morgan fingerprint density at radius 3 is 2.62 bits per heavy atom. The van der Waals surface area contributed by atoms with Crippen LogP contribution in [-0.2, 0) is 0 Å². The van der Waals surface area contributed by atoms with E-state index in [1.807, 2.05) is 24.3 Å². The number of allylic oxidation sites excluding steroid dienone is 8. The van der Waals surface area contributed by atoms with Gasteiger partial charge >= 0.3 is 7.12 Å². The van der Waals surface area contributed by atoms with Crippen LogP contribution < -0.4 is 5.46 Å². The molecule has 1 aromatic carbocycles. The van der Waals surface area contributed by atoms with Crippen LogP contribution in [0.4, 0.5) is 0 Å². The average molecular weight is 278 g/mol. The topological polar surface area (TPSA) is 40.5 Å². The highest BCUT2D eigenvalue weighted by atomic mass is 16.4. The van der Waals surface area contributed by atoms with Crippen LogP contribution in [0.15, 0.2) is 60.7 Å². The normalized spacial score (nSPS) is 20.5. The quantitative estimate of drug-likeness (QED) is 0.835. The van der Waals surface area contributed by atoms with E-state index in [1.54, 1.807) is 0 Å². The first-order valence-electron chi connectivity index (χ1n) is 7.45. The fraction of sp³-hybridized carbons (Fsp3) is 0.222. The summed E-state index contributed by atoms with van der Waals surface area (Å²) in [5, 5.41) is 19.2. The van der Waals surface area contributed by atoms with E-state index in [0.717, 1.165) is 24.8 Å². The van der Waals surface area contributed by atoms with Crippen molar-refractivity contribution in [1.82, 2.24) is 0 Å². The lowest BCUT2D eigenvalue weighted by atomic mass is 9.72. The molecule has 0 aromatic heterocycles. The largest absolute Gasteiger partial charge is 0.488 e. The van der Waals surface area contributed by atoms with E-state index in [9.17, 15) is 10.0 Å². The molecule has 0 spiro atoms. The van der Waals surface area contributed by atoms with Crippen LogP contribution >= 0.6 is 0 Å². The van der Waals surface area contributed by atoms with E-state index < -0.39 is 7.12 Å². The maximum atomic E-state index is 9.62. The molecule has 2 N–H and O–H groups in total. The summed E-state index contributed by atoms with van der Waals surface area (Å²) in [4.78, 5) is 0. The maximum Gasteiger partial charge on any atom is 0.488 e. The number of benzene rings is 1. The third-order valence-corrected chi connectivity index (χ3v) is 4.13. The third-order valence-electron chi connectivity index (χ3n) is 4.13. The van der Waals surface area contributed by atoms with Crippen molar-refractivity contribution in [2.45, 2.75) is 25.2 Å². The van der Waals surface area contributed by atoms with Gasteiger partial charge in [0, 0.05) is 5.92 Å². The molecule has 2 aliphatic carbocycles. The molecule has 0 aliphatic heterocycles. The molecule has 0 bridgehead atoms. The summed E-state index contributed by atoms with van der Waals surface area (Å²) in [5.41, 5.74) is 4.11. The Kier molecular flexibility index (Phi) is 4.23. The summed E-state index contributed by atoms with van der Waals surface area (Å²) in [5.74, 6) is 0.214. The average Bonchev–Trinajstić information content (AvgIpc) is 2.56. The van der Waals surface area contributed by atoms with Gasteiger partial charge in [-0.3, -0.25) is 0 Å². The molecule has 0 saturated heterocycles. The Labute approximate surface area is 126 Å². The molecule has 3 heteroatoms. The molecule has 0 radical (unpaired) electrons. The van der Waals surface area contributed by atoms with Gasteiger partial charge in [0.15, 0.2) is 0 Å². The molecule has 3 rings (SSSR count).